The molecular formula is C23H30AlNO11. The average Bonchev–Trinajstić information content (AvgIpc) is 2.67. The molecule has 196 valence electrons. The van der Waals surface area contributed by atoms with Crippen LogP contribution in [-0.2, 0) is 9.59 Å². The average molecular weight is 523 g/mol. The summed E-state index contributed by atoms with van der Waals surface area (Å²) in [6, 6.07) is 11.1. The fourth-order valence-electron chi connectivity index (χ4n) is 1.59. The number of quaternary nitrogens is 1. The van der Waals surface area contributed by atoms with Gasteiger partial charge in [-0.05, 0) is 26.0 Å². The van der Waals surface area contributed by atoms with Gasteiger partial charge >= 0.3 is 29.3 Å². The van der Waals surface area contributed by atoms with Gasteiger partial charge in [0.1, 0.15) is 6.54 Å². The second-order valence-corrected chi connectivity index (χ2v) is 7.32. The maximum atomic E-state index is 10.7. The van der Waals surface area contributed by atoms with Crippen LogP contribution in [0.1, 0.15) is 34.6 Å². The number of aromatic carboxylic acids is 2. The Kier molecular flexibility index (Phi) is 24.1. The first-order chi connectivity index (χ1) is 16.0. The summed E-state index contributed by atoms with van der Waals surface area (Å²) in [6.07, 6.45) is 0. The molecular weight excluding hydrogens is 493 g/mol. The van der Waals surface area contributed by atoms with Gasteiger partial charge in [-0.1, -0.05) is 47.9 Å². The second kappa shape index (κ2) is 21.9. The molecule has 13 heteroatoms. The molecule has 12 nitrogen and oxygen atoms in total. The van der Waals surface area contributed by atoms with Gasteiger partial charge in [-0.15, -0.1) is 0 Å². The normalized spacial score (nSPS) is 8.83. The molecule has 0 heterocycles. The van der Waals surface area contributed by atoms with Crippen LogP contribution in [0.2, 0.25) is 0 Å². The Morgan fingerprint density at radius 1 is 0.722 bits per heavy atom. The summed E-state index contributed by atoms with van der Waals surface area (Å²) in [6.45, 7) is 3.06. The number of rotatable bonds is 4. The summed E-state index contributed by atoms with van der Waals surface area (Å²) in [7, 11) is 6.16. The van der Waals surface area contributed by atoms with Gasteiger partial charge < -0.3 is 49.8 Å². The number of likely N-dealkylation sites (N-methyl/N-ethyl adjacent to an activating group) is 1. The maximum Gasteiger partial charge on any atom is 3.00 e. The first-order valence-corrected chi connectivity index (χ1v) is 9.71. The molecule has 0 fully saturated rings. The summed E-state index contributed by atoms with van der Waals surface area (Å²) in [5, 5.41) is 64.3. The van der Waals surface area contributed by atoms with Gasteiger partial charge in [0.05, 0.1) is 38.9 Å². The third-order valence-electron chi connectivity index (χ3n) is 3.01. The number of hydrogen-bond acceptors (Lipinski definition) is 9. The molecule has 0 aromatic heterocycles. The summed E-state index contributed by atoms with van der Waals surface area (Å²) in [5.74, 6) is -5.42. The Labute approximate surface area is 220 Å². The van der Waals surface area contributed by atoms with Gasteiger partial charge in [0, 0.05) is 11.9 Å². The van der Waals surface area contributed by atoms with Gasteiger partial charge in [0.2, 0.25) is 0 Å². The predicted molar refractivity (Wildman–Crippen MR) is 123 cm³/mol. The smallest absolute Gasteiger partial charge is 0.872 e. The van der Waals surface area contributed by atoms with Crippen molar-refractivity contribution in [3.63, 3.8) is 0 Å². The molecule has 2 rings (SSSR count). The third kappa shape index (κ3) is 28.4. The molecule has 0 saturated heterocycles. The van der Waals surface area contributed by atoms with Crippen molar-refractivity contribution in [2.24, 2.45) is 0 Å². The number of aliphatic hydroxyl groups excluding tert-OH is 1. The number of nitrogens with zero attached hydrogens (tertiary/aromatic N) is 1. The van der Waals surface area contributed by atoms with E-state index in [2.05, 4.69) is 21.1 Å². The Bertz CT molecular complexity index is 853. The van der Waals surface area contributed by atoms with E-state index in [-0.39, 0.29) is 35.1 Å². The quantitative estimate of drug-likeness (QED) is 0.286. The molecule has 0 bridgehead atoms. The van der Waals surface area contributed by atoms with E-state index in [9.17, 15) is 19.8 Å². The second-order valence-electron chi connectivity index (χ2n) is 7.32. The molecule has 0 aliphatic rings. The van der Waals surface area contributed by atoms with E-state index in [1.165, 1.54) is 48.5 Å². The van der Waals surface area contributed by atoms with Crippen LogP contribution in [0.25, 0.3) is 0 Å². The van der Waals surface area contributed by atoms with E-state index in [1.807, 2.05) is 0 Å². The molecule has 0 saturated carbocycles. The molecule has 0 spiro atoms. The van der Waals surface area contributed by atoms with Crippen molar-refractivity contribution < 1.29 is 59.4 Å². The summed E-state index contributed by atoms with van der Waals surface area (Å²) in [4.78, 5) is 38.2. The fourth-order valence-corrected chi connectivity index (χ4v) is 1.59. The molecule has 0 aliphatic carbocycles. The summed E-state index contributed by atoms with van der Waals surface area (Å²) in [5.41, 5.74) is -0.356. The number of hydrogen-bond donors (Lipinski definition) is 3. The van der Waals surface area contributed by atoms with Crippen LogP contribution in [0.15, 0.2) is 48.5 Å². The van der Waals surface area contributed by atoms with Crippen molar-refractivity contribution in [1.29, 1.82) is 0 Å². The molecule has 2 aromatic rings. The van der Waals surface area contributed by atoms with E-state index in [0.717, 1.165) is 24.9 Å². The standard InChI is InChI=1S/2C7H6O3.C5H14NO.2C2H4O2.Al/c2*8-6-4-2-1-3-5(6)7(9)10;1-6(2,3)4-5-7;2*1-2(3)4;/h2*1-4,8H,(H,9,10);7H,4-5H2,1-3H3;2*1H3,(H,3,4);/q;;+1;;;+3/p-4. The van der Waals surface area contributed by atoms with E-state index in [0.29, 0.717) is 0 Å². The minimum atomic E-state index is -1.18. The SMILES string of the molecule is CC(=O)[O-].CC(=O)[O-].C[N+](C)(C)CCO.O=C(O)c1ccccc1[O-].O=C(O)c1ccccc1[O-].[Al+3]. The number of benzene rings is 2. The van der Waals surface area contributed by atoms with Crippen LogP contribution >= 0.6 is 0 Å². The van der Waals surface area contributed by atoms with Crippen LogP contribution in [-0.4, -0.2) is 95.3 Å². The predicted octanol–water partition coefficient (Wildman–Crippen LogP) is -2.27. The number of carboxylic acids is 4. The number of aliphatic hydroxyl groups is 1. The van der Waals surface area contributed by atoms with Crippen LogP contribution in [0.5, 0.6) is 11.5 Å². The van der Waals surface area contributed by atoms with Crippen LogP contribution in [0.4, 0.5) is 0 Å². The minimum absolute atomic E-state index is 0. The van der Waals surface area contributed by atoms with E-state index in [4.69, 9.17) is 35.1 Å². The van der Waals surface area contributed by atoms with Crippen molar-refractivity contribution in [1.82, 2.24) is 0 Å². The summed E-state index contributed by atoms with van der Waals surface area (Å²) < 4.78 is 0.844. The molecule has 0 unspecified atom stereocenters. The monoisotopic (exact) mass is 523 g/mol. The number of carbonyl (C=O) groups is 4. The molecule has 0 radical (unpaired) electrons. The maximum absolute atomic E-state index is 10.7. The van der Waals surface area contributed by atoms with Crippen molar-refractivity contribution in [3.05, 3.63) is 59.7 Å². The van der Waals surface area contributed by atoms with Crippen LogP contribution in [0.3, 0.4) is 0 Å². The fraction of sp³-hybridized carbons (Fsp3) is 0.304. The Hall–Kier alpha value is -3.63. The number of aliphatic carboxylic acids is 2. The first-order valence-electron chi connectivity index (χ1n) is 9.71. The minimum Gasteiger partial charge on any atom is -0.872 e. The first kappa shape index (κ1) is 39.6. The largest absolute Gasteiger partial charge is 3.00 e. The molecule has 0 atom stereocenters. The van der Waals surface area contributed by atoms with Crippen molar-refractivity contribution in [3.8, 4) is 11.5 Å². The molecule has 36 heavy (non-hydrogen) atoms. The molecule has 2 aromatic carbocycles. The zero-order valence-corrected chi connectivity index (χ0v) is 21.8. The Balaban J connectivity index is -0.000000186. The van der Waals surface area contributed by atoms with Gasteiger partial charge in [-0.25, -0.2) is 9.59 Å². The zero-order chi connectivity index (χ0) is 28.2. The van der Waals surface area contributed by atoms with Crippen LogP contribution in [0, 0.1) is 0 Å². The van der Waals surface area contributed by atoms with Crippen LogP contribution < -0.4 is 20.4 Å². The molecule has 3 N–H and O–H groups in total. The Morgan fingerprint density at radius 3 is 1.08 bits per heavy atom. The van der Waals surface area contributed by atoms with Gasteiger partial charge in [-0.2, -0.15) is 0 Å². The van der Waals surface area contributed by atoms with Gasteiger partial charge in [0.25, 0.3) is 0 Å². The zero-order valence-electron chi connectivity index (χ0n) is 20.7. The van der Waals surface area contributed by atoms with E-state index < -0.39 is 35.4 Å². The number of carbonyl (C=O) groups excluding carboxylic acids is 2. The van der Waals surface area contributed by atoms with Crippen molar-refractivity contribution >= 4 is 41.2 Å². The number of para-hydroxylation sites is 2. The van der Waals surface area contributed by atoms with Gasteiger partial charge in [-0.3, -0.25) is 0 Å². The molecule has 0 amide bonds. The topological polar surface area (TPSA) is 221 Å². The van der Waals surface area contributed by atoms with E-state index >= 15 is 0 Å². The van der Waals surface area contributed by atoms with Crippen molar-refractivity contribution in [2.75, 3.05) is 34.3 Å². The number of carboxylic acid groups (broad SMARTS) is 4. The van der Waals surface area contributed by atoms with Gasteiger partial charge in [0.15, 0.2) is 0 Å². The Morgan fingerprint density at radius 2 is 0.972 bits per heavy atom. The summed E-state index contributed by atoms with van der Waals surface area (Å²) >= 11 is 0. The van der Waals surface area contributed by atoms with Crippen molar-refractivity contribution in [2.45, 2.75) is 13.8 Å². The third-order valence-corrected chi connectivity index (χ3v) is 3.01. The molecule has 0 aliphatic heterocycles. The van der Waals surface area contributed by atoms with E-state index in [1.54, 1.807) is 0 Å².